The Balaban J connectivity index is 2.11. The molecule has 1 amide bonds. The molecule has 2 unspecified atom stereocenters. The van der Waals surface area contributed by atoms with E-state index in [2.05, 4.69) is 10.1 Å². The molecule has 0 bridgehead atoms. The van der Waals surface area contributed by atoms with Crippen LogP contribution >= 0.6 is 0 Å². The minimum Gasteiger partial charge on any atom is -0.466 e. The molecule has 0 aromatic heterocycles. The molecular weight excluding hydrogens is 158 g/mol. The van der Waals surface area contributed by atoms with Crippen molar-refractivity contribution in [3.8, 4) is 0 Å². The lowest BCUT2D eigenvalue weighted by Crippen LogP contribution is -2.37. The van der Waals surface area contributed by atoms with Crippen molar-refractivity contribution >= 4 is 11.9 Å². The Hall–Kier alpha value is -1.32. The van der Waals surface area contributed by atoms with Crippen LogP contribution in [-0.4, -0.2) is 25.0 Å². The molecule has 1 fully saturated rings. The highest BCUT2D eigenvalue weighted by atomic mass is 16.5. The van der Waals surface area contributed by atoms with Crippen LogP contribution in [0.2, 0.25) is 0 Å². The molecule has 0 saturated carbocycles. The van der Waals surface area contributed by atoms with E-state index in [-0.39, 0.29) is 23.8 Å². The van der Waals surface area contributed by atoms with Crippen molar-refractivity contribution in [2.75, 3.05) is 7.11 Å². The molecule has 4 nitrogen and oxygen atoms in total. The fraction of sp³-hybridized carbons (Fsp3) is 0.500. The van der Waals surface area contributed by atoms with Crippen molar-refractivity contribution in [1.29, 1.82) is 0 Å². The maximum atomic E-state index is 11.0. The van der Waals surface area contributed by atoms with E-state index in [0.29, 0.717) is 12.0 Å². The van der Waals surface area contributed by atoms with Gasteiger partial charge >= 0.3 is 5.97 Å². The minimum absolute atomic E-state index is 0.0140. The minimum atomic E-state index is -0.312. The van der Waals surface area contributed by atoms with Gasteiger partial charge in [0, 0.05) is 17.9 Å². The maximum absolute atomic E-state index is 11.0. The number of ether oxygens (including phenoxy) is 1. The number of carbonyl (C=O) groups excluding carboxylic acids is 2. The quantitative estimate of drug-likeness (QED) is 0.541. The predicted molar refractivity (Wildman–Crippen MR) is 40.1 cm³/mol. The first-order chi connectivity index (χ1) is 5.72. The molecule has 1 aliphatic carbocycles. The molecule has 64 valence electrons. The van der Waals surface area contributed by atoms with Crippen LogP contribution in [0.25, 0.3) is 0 Å². The summed E-state index contributed by atoms with van der Waals surface area (Å²) in [6, 6.07) is 0.0756. The van der Waals surface area contributed by atoms with Crippen molar-refractivity contribution in [1.82, 2.24) is 5.32 Å². The molecule has 2 rings (SSSR count). The first-order valence-corrected chi connectivity index (χ1v) is 3.82. The molecule has 0 spiro atoms. The molecule has 0 aromatic carbocycles. The smallest absolute Gasteiger partial charge is 0.333 e. The highest BCUT2D eigenvalue weighted by molar-refractivity contribution is 5.95. The number of hydrogen-bond acceptors (Lipinski definition) is 3. The highest BCUT2D eigenvalue weighted by Crippen LogP contribution is 2.35. The van der Waals surface area contributed by atoms with E-state index < -0.39 is 0 Å². The van der Waals surface area contributed by atoms with Gasteiger partial charge < -0.3 is 10.1 Å². The van der Waals surface area contributed by atoms with E-state index in [0.717, 1.165) is 0 Å². The van der Waals surface area contributed by atoms with Gasteiger partial charge in [0.1, 0.15) is 0 Å². The zero-order valence-electron chi connectivity index (χ0n) is 6.66. The Kier molecular flexibility index (Phi) is 1.43. The number of hydrogen-bond donors (Lipinski definition) is 1. The SMILES string of the molecule is COC(=O)C1=CC2NC(=O)CC12. The van der Waals surface area contributed by atoms with Gasteiger partial charge in [0.2, 0.25) is 5.91 Å². The summed E-state index contributed by atoms with van der Waals surface area (Å²) in [6.45, 7) is 0. The summed E-state index contributed by atoms with van der Waals surface area (Å²) in [5.41, 5.74) is 0.640. The Bertz CT molecular complexity index is 282. The molecule has 4 heteroatoms. The fourth-order valence-electron chi connectivity index (χ4n) is 1.67. The van der Waals surface area contributed by atoms with Gasteiger partial charge in [-0.25, -0.2) is 4.79 Å². The lowest BCUT2D eigenvalue weighted by Gasteiger charge is -2.26. The fourth-order valence-corrected chi connectivity index (χ4v) is 1.67. The van der Waals surface area contributed by atoms with Crippen LogP contribution in [0.1, 0.15) is 6.42 Å². The van der Waals surface area contributed by atoms with Crippen LogP contribution in [0, 0.1) is 5.92 Å². The van der Waals surface area contributed by atoms with E-state index in [4.69, 9.17) is 0 Å². The molecule has 1 N–H and O–H groups in total. The van der Waals surface area contributed by atoms with Crippen LogP contribution < -0.4 is 5.32 Å². The maximum Gasteiger partial charge on any atom is 0.333 e. The van der Waals surface area contributed by atoms with Crippen molar-refractivity contribution in [2.24, 2.45) is 5.92 Å². The van der Waals surface area contributed by atoms with Crippen molar-refractivity contribution in [3.63, 3.8) is 0 Å². The third kappa shape index (κ3) is 0.841. The van der Waals surface area contributed by atoms with Crippen molar-refractivity contribution < 1.29 is 14.3 Å². The highest BCUT2D eigenvalue weighted by Gasteiger charge is 2.43. The summed E-state index contributed by atoms with van der Waals surface area (Å²) in [6.07, 6.45) is 2.17. The van der Waals surface area contributed by atoms with E-state index in [1.165, 1.54) is 7.11 Å². The van der Waals surface area contributed by atoms with Crippen LogP contribution in [0.5, 0.6) is 0 Å². The van der Waals surface area contributed by atoms with Gasteiger partial charge in [-0.15, -0.1) is 0 Å². The molecule has 1 heterocycles. The molecule has 1 aliphatic heterocycles. The van der Waals surface area contributed by atoms with Crippen LogP contribution in [-0.2, 0) is 14.3 Å². The molecular formula is C8H9NO3. The van der Waals surface area contributed by atoms with E-state index in [1.54, 1.807) is 6.08 Å². The Morgan fingerprint density at radius 3 is 3.08 bits per heavy atom. The van der Waals surface area contributed by atoms with Gasteiger partial charge in [-0.2, -0.15) is 0 Å². The third-order valence-electron chi connectivity index (χ3n) is 2.35. The Labute approximate surface area is 69.6 Å². The van der Waals surface area contributed by atoms with Gasteiger partial charge in [0.15, 0.2) is 0 Å². The average molecular weight is 167 g/mol. The first kappa shape index (κ1) is 7.34. The Morgan fingerprint density at radius 1 is 1.75 bits per heavy atom. The van der Waals surface area contributed by atoms with Gasteiger partial charge in [0.05, 0.1) is 13.2 Å². The molecule has 1 saturated heterocycles. The lowest BCUT2D eigenvalue weighted by molar-refractivity contribution is -0.137. The largest absolute Gasteiger partial charge is 0.466 e. The summed E-state index contributed by atoms with van der Waals surface area (Å²) in [4.78, 5) is 21.9. The van der Waals surface area contributed by atoms with E-state index in [1.807, 2.05) is 0 Å². The van der Waals surface area contributed by atoms with E-state index >= 15 is 0 Å². The standard InChI is InChI=1S/C8H9NO3/c1-12-8(11)5-2-6-4(5)3-7(10)9-6/h2,4,6H,3H2,1H3,(H,9,10). The normalized spacial score (nSPS) is 31.4. The number of carbonyl (C=O) groups is 2. The number of nitrogens with one attached hydrogen (secondary N) is 1. The molecule has 12 heavy (non-hydrogen) atoms. The molecule has 2 aliphatic rings. The monoisotopic (exact) mass is 167 g/mol. The van der Waals surface area contributed by atoms with Crippen LogP contribution in [0.3, 0.4) is 0 Å². The first-order valence-electron chi connectivity index (χ1n) is 3.82. The summed E-state index contributed by atoms with van der Waals surface area (Å²) >= 11 is 0. The Morgan fingerprint density at radius 2 is 2.50 bits per heavy atom. The predicted octanol–water partition coefficient (Wildman–Crippen LogP) is -0.396. The second-order valence-electron chi connectivity index (χ2n) is 3.02. The van der Waals surface area contributed by atoms with Crippen molar-refractivity contribution in [2.45, 2.75) is 12.5 Å². The topological polar surface area (TPSA) is 55.4 Å². The van der Waals surface area contributed by atoms with E-state index in [9.17, 15) is 9.59 Å². The number of rotatable bonds is 1. The summed E-state index contributed by atoms with van der Waals surface area (Å²) in [5, 5.41) is 2.74. The van der Waals surface area contributed by atoms with Crippen LogP contribution in [0.15, 0.2) is 11.6 Å². The number of methoxy groups -OCH3 is 1. The zero-order chi connectivity index (χ0) is 8.72. The summed E-state index contributed by atoms with van der Waals surface area (Å²) in [7, 11) is 1.35. The second-order valence-corrected chi connectivity index (χ2v) is 3.02. The van der Waals surface area contributed by atoms with Gasteiger partial charge in [-0.1, -0.05) is 6.08 Å². The summed E-state index contributed by atoms with van der Waals surface area (Å²) < 4.78 is 4.55. The van der Waals surface area contributed by atoms with Gasteiger partial charge in [-0.3, -0.25) is 4.79 Å². The van der Waals surface area contributed by atoms with Gasteiger partial charge in [-0.05, 0) is 0 Å². The molecule has 0 radical (unpaired) electrons. The summed E-state index contributed by atoms with van der Waals surface area (Å²) in [5.74, 6) is -0.238. The number of fused-ring (bicyclic) bond motifs is 1. The lowest BCUT2D eigenvalue weighted by atomic mass is 9.81. The number of amides is 1. The molecule has 2 atom stereocenters. The number of esters is 1. The molecule has 0 aromatic rings. The average Bonchev–Trinajstić information content (AvgIpc) is 2.31. The van der Waals surface area contributed by atoms with Crippen molar-refractivity contribution in [3.05, 3.63) is 11.6 Å². The third-order valence-corrected chi connectivity index (χ3v) is 2.35. The van der Waals surface area contributed by atoms with Crippen LogP contribution in [0.4, 0.5) is 0 Å². The second kappa shape index (κ2) is 2.33. The zero-order valence-corrected chi connectivity index (χ0v) is 6.66. The van der Waals surface area contributed by atoms with Gasteiger partial charge in [0.25, 0.3) is 0 Å².